The van der Waals surface area contributed by atoms with Crippen LogP contribution in [0.2, 0.25) is 10.3 Å². The summed E-state index contributed by atoms with van der Waals surface area (Å²) < 4.78 is 14.4. The first-order valence-electron chi connectivity index (χ1n) is 17.7. The predicted octanol–water partition coefficient (Wildman–Crippen LogP) is 9.04. The van der Waals surface area contributed by atoms with E-state index in [1.54, 1.807) is 0 Å². The van der Waals surface area contributed by atoms with Gasteiger partial charge in [-0.05, 0) is 83.7 Å². The molecule has 1 aromatic heterocycles. The lowest BCUT2D eigenvalue weighted by atomic mass is 9.81. The van der Waals surface area contributed by atoms with Crippen molar-refractivity contribution in [1.82, 2.24) is 14.9 Å². The number of halogens is 1. The van der Waals surface area contributed by atoms with Gasteiger partial charge in [-0.1, -0.05) is 130 Å². The molecule has 2 atom stereocenters. The van der Waals surface area contributed by atoms with Gasteiger partial charge in [0, 0.05) is 31.3 Å². The number of rotatable bonds is 10. The van der Waals surface area contributed by atoms with Gasteiger partial charge in [0.25, 0.3) is 8.32 Å². The van der Waals surface area contributed by atoms with Crippen LogP contribution in [-0.2, 0) is 11.0 Å². The minimum atomic E-state index is -2.72. The van der Waals surface area contributed by atoms with E-state index in [4.69, 9.17) is 20.8 Å². The Hall–Kier alpha value is -3.81. The molecule has 0 bridgehead atoms. The van der Waals surface area contributed by atoms with Crippen LogP contribution in [-0.4, -0.2) is 48.0 Å². The first-order chi connectivity index (χ1) is 23.9. The zero-order chi connectivity index (χ0) is 35.5. The molecule has 5 aromatic rings. The highest BCUT2D eigenvalue weighted by Gasteiger charge is 2.51. The Kier molecular flexibility index (Phi) is 10.7. The lowest BCUT2D eigenvalue weighted by molar-refractivity contribution is -0.0664. The standard InChI is InChI=1S/C43H50ClN3O2Si/c1-31-18-17-19-32(2)40(31)37-27-39(46-41(44)45-37)49-38-26-34(29-47(43(38,6)7)28-33-20-11-8-12-21-33)30-48-50(42(3,4)5,35-22-13-9-14-23-35)36-24-15-10-16-25-36/h8-25,27,34,38H,26,28-30H2,1-7H3. The van der Waals surface area contributed by atoms with E-state index in [1.165, 1.54) is 15.9 Å². The summed E-state index contributed by atoms with van der Waals surface area (Å²) in [6.45, 7) is 18.1. The normalized spacial score (nSPS) is 18.2. The van der Waals surface area contributed by atoms with Crippen LogP contribution in [0.4, 0.5) is 0 Å². The zero-order valence-corrected chi connectivity index (χ0v) is 32.2. The molecule has 1 fully saturated rings. The fraction of sp³-hybridized carbons (Fsp3) is 0.349. The highest BCUT2D eigenvalue weighted by Crippen LogP contribution is 2.40. The van der Waals surface area contributed by atoms with E-state index in [9.17, 15) is 0 Å². The van der Waals surface area contributed by atoms with E-state index < -0.39 is 8.32 Å². The Balaban J connectivity index is 1.36. The van der Waals surface area contributed by atoms with Gasteiger partial charge in [0.1, 0.15) is 6.10 Å². The number of nitrogens with zero attached hydrogens (tertiary/aromatic N) is 3. The first-order valence-corrected chi connectivity index (χ1v) is 20.0. The third-order valence-corrected chi connectivity index (χ3v) is 15.6. The van der Waals surface area contributed by atoms with E-state index in [-0.39, 0.29) is 27.9 Å². The second-order valence-corrected chi connectivity index (χ2v) is 20.0. The van der Waals surface area contributed by atoms with Crippen molar-refractivity contribution in [2.24, 2.45) is 5.92 Å². The van der Waals surface area contributed by atoms with Crippen molar-refractivity contribution < 1.29 is 9.16 Å². The van der Waals surface area contributed by atoms with E-state index in [1.807, 2.05) is 6.07 Å². The Morgan fingerprint density at radius 3 is 1.92 bits per heavy atom. The molecule has 0 amide bonds. The average molecular weight is 704 g/mol. The number of ether oxygens (including phenoxy) is 1. The maximum absolute atomic E-state index is 7.50. The van der Waals surface area contributed by atoms with Crippen molar-refractivity contribution >= 4 is 30.3 Å². The minimum absolute atomic E-state index is 0.106. The van der Waals surface area contributed by atoms with Gasteiger partial charge in [0.15, 0.2) is 0 Å². The number of hydrogen-bond acceptors (Lipinski definition) is 5. The Morgan fingerprint density at radius 2 is 1.36 bits per heavy atom. The molecule has 2 unspecified atom stereocenters. The van der Waals surface area contributed by atoms with Gasteiger partial charge in [0.2, 0.25) is 11.2 Å². The van der Waals surface area contributed by atoms with Crippen LogP contribution in [0.15, 0.2) is 115 Å². The van der Waals surface area contributed by atoms with Crippen molar-refractivity contribution in [3.63, 3.8) is 0 Å². The van der Waals surface area contributed by atoms with Crippen molar-refractivity contribution in [1.29, 1.82) is 0 Å². The minimum Gasteiger partial charge on any atom is -0.472 e. The van der Waals surface area contributed by atoms with Crippen LogP contribution >= 0.6 is 11.6 Å². The monoisotopic (exact) mass is 703 g/mol. The van der Waals surface area contributed by atoms with Crippen LogP contribution in [0.1, 0.15) is 57.7 Å². The molecule has 4 aromatic carbocycles. The number of piperidine rings is 1. The molecule has 1 aliphatic heterocycles. The molecule has 0 spiro atoms. The molecule has 0 radical (unpaired) electrons. The quantitative estimate of drug-likeness (QED) is 0.107. The fourth-order valence-electron chi connectivity index (χ4n) is 7.76. The summed E-state index contributed by atoms with van der Waals surface area (Å²) in [6, 6.07) is 40.7. The van der Waals surface area contributed by atoms with Crippen LogP contribution in [0.5, 0.6) is 5.88 Å². The first kappa shape index (κ1) is 36.0. The van der Waals surface area contributed by atoms with E-state index in [2.05, 4.69) is 173 Å². The molecule has 50 heavy (non-hydrogen) atoms. The van der Waals surface area contributed by atoms with Crippen molar-refractivity contribution in [2.45, 2.75) is 78.1 Å². The Morgan fingerprint density at radius 1 is 0.800 bits per heavy atom. The van der Waals surface area contributed by atoms with Gasteiger partial charge in [-0.2, -0.15) is 4.98 Å². The molecule has 1 saturated heterocycles. The zero-order valence-electron chi connectivity index (χ0n) is 30.5. The number of benzene rings is 4. The third kappa shape index (κ3) is 7.45. The number of aromatic nitrogens is 2. The third-order valence-electron chi connectivity index (χ3n) is 10.5. The summed E-state index contributed by atoms with van der Waals surface area (Å²) >= 11 is 6.59. The average Bonchev–Trinajstić information content (AvgIpc) is 3.08. The fourth-order valence-corrected chi connectivity index (χ4v) is 12.6. The molecule has 0 aliphatic carbocycles. The highest BCUT2D eigenvalue weighted by molar-refractivity contribution is 6.99. The van der Waals surface area contributed by atoms with Crippen LogP contribution < -0.4 is 15.1 Å². The summed E-state index contributed by atoms with van der Waals surface area (Å²) in [5, 5.41) is 2.66. The van der Waals surface area contributed by atoms with Gasteiger partial charge in [-0.3, -0.25) is 4.90 Å². The summed E-state index contributed by atoms with van der Waals surface area (Å²) in [5.41, 5.74) is 5.08. The summed E-state index contributed by atoms with van der Waals surface area (Å²) in [5.74, 6) is 0.711. The molecule has 260 valence electrons. The SMILES string of the molecule is Cc1cccc(C)c1-c1cc(OC2CC(CO[Si](c3ccccc3)(c3ccccc3)C(C)(C)C)CN(Cc3ccccc3)C2(C)C)nc(Cl)n1. The second-order valence-electron chi connectivity index (χ2n) is 15.3. The Bertz CT molecular complexity index is 1820. The van der Waals surface area contributed by atoms with E-state index >= 15 is 0 Å². The maximum Gasteiger partial charge on any atom is 0.261 e. The maximum atomic E-state index is 7.50. The van der Waals surface area contributed by atoms with Crippen LogP contribution in [0.25, 0.3) is 11.3 Å². The summed E-state index contributed by atoms with van der Waals surface area (Å²) in [6.07, 6.45) is 0.640. The number of aryl methyl sites for hydroxylation is 2. The summed E-state index contributed by atoms with van der Waals surface area (Å²) in [7, 11) is -2.72. The van der Waals surface area contributed by atoms with Gasteiger partial charge >= 0.3 is 0 Å². The molecule has 7 heteroatoms. The van der Waals surface area contributed by atoms with Gasteiger partial charge in [-0.25, -0.2) is 4.98 Å². The predicted molar refractivity (Wildman–Crippen MR) is 209 cm³/mol. The number of hydrogen-bond donors (Lipinski definition) is 0. The van der Waals surface area contributed by atoms with Crippen molar-refractivity contribution in [3.05, 3.63) is 137 Å². The van der Waals surface area contributed by atoms with Crippen molar-refractivity contribution in [3.8, 4) is 17.1 Å². The molecule has 5 nitrogen and oxygen atoms in total. The van der Waals surface area contributed by atoms with Crippen LogP contribution in [0, 0.1) is 19.8 Å². The van der Waals surface area contributed by atoms with Gasteiger partial charge < -0.3 is 9.16 Å². The molecule has 1 aliphatic rings. The lowest BCUT2D eigenvalue weighted by Gasteiger charge is -2.51. The molecular formula is C43H50ClN3O2Si. The largest absolute Gasteiger partial charge is 0.472 e. The number of likely N-dealkylation sites (tertiary alicyclic amines) is 1. The molecule has 6 rings (SSSR count). The van der Waals surface area contributed by atoms with E-state index in [0.29, 0.717) is 12.5 Å². The van der Waals surface area contributed by atoms with Gasteiger partial charge in [-0.15, -0.1) is 0 Å². The molecular weight excluding hydrogens is 654 g/mol. The highest BCUT2D eigenvalue weighted by atomic mass is 35.5. The lowest BCUT2D eigenvalue weighted by Crippen LogP contribution is -2.67. The molecule has 2 heterocycles. The topological polar surface area (TPSA) is 47.5 Å². The van der Waals surface area contributed by atoms with E-state index in [0.717, 1.165) is 41.9 Å². The second kappa shape index (κ2) is 14.8. The molecule has 0 N–H and O–H groups in total. The van der Waals surface area contributed by atoms with Gasteiger partial charge in [0.05, 0.1) is 11.2 Å². The van der Waals surface area contributed by atoms with Crippen molar-refractivity contribution in [2.75, 3.05) is 13.2 Å². The van der Waals surface area contributed by atoms with Crippen LogP contribution in [0.3, 0.4) is 0 Å². The smallest absolute Gasteiger partial charge is 0.261 e. The molecule has 0 saturated carbocycles. The Labute approximate surface area is 304 Å². The summed E-state index contributed by atoms with van der Waals surface area (Å²) in [4.78, 5) is 11.8.